The molecule has 0 saturated heterocycles. The molecule has 0 amide bonds. The molecule has 0 saturated carbocycles. The highest BCUT2D eigenvalue weighted by molar-refractivity contribution is 7.67. The monoisotopic (exact) mass is 221 g/mol. The van der Waals surface area contributed by atoms with Gasteiger partial charge in [0, 0.05) is 0 Å². The normalized spacial score (nSPS) is 11.0. The minimum Gasteiger partial charge on any atom is -0.261 e. The number of fused-ring (bicyclic) bond motifs is 1. The van der Waals surface area contributed by atoms with Crippen LogP contribution in [0.1, 0.15) is 5.56 Å². The number of hydrogen-bond donors (Lipinski definition) is 1. The average molecular weight is 221 g/mol. The Morgan fingerprint density at radius 3 is 2.53 bits per heavy atom. The van der Waals surface area contributed by atoms with Crippen LogP contribution in [-0.4, -0.2) is 8.42 Å². The molecule has 2 aromatic carbocycles. The van der Waals surface area contributed by atoms with E-state index >= 15 is 0 Å². The number of hydrogen-bond acceptors (Lipinski definition) is 3. The first-order valence-corrected chi connectivity index (χ1v) is 5.49. The molecular weight excluding hydrogens is 212 g/mol. The van der Waals surface area contributed by atoms with Crippen molar-refractivity contribution in [1.29, 1.82) is 0 Å². The molecule has 0 spiro atoms. The van der Waals surface area contributed by atoms with Gasteiger partial charge in [0.2, 0.25) is 0 Å². The van der Waals surface area contributed by atoms with Gasteiger partial charge in [0.15, 0.2) is 0 Å². The maximum Gasteiger partial charge on any atom is 0.257 e. The molecule has 0 aliphatic heterocycles. The molecule has 0 heterocycles. The van der Waals surface area contributed by atoms with Crippen LogP contribution in [0.2, 0.25) is 0 Å². The Balaban J connectivity index is 2.42. The van der Waals surface area contributed by atoms with Gasteiger partial charge in [0.25, 0.3) is 11.0 Å². The Morgan fingerprint density at radius 1 is 1.00 bits per heavy atom. The predicted molar refractivity (Wildman–Crippen MR) is 58.7 cm³/mol. The highest BCUT2D eigenvalue weighted by atomic mass is 32.2. The summed E-state index contributed by atoms with van der Waals surface area (Å²) in [6.45, 7) is 1.24. The van der Waals surface area contributed by atoms with Crippen LogP contribution in [0.4, 0.5) is 0 Å². The minimum absolute atomic E-state index is 0.757. The van der Waals surface area contributed by atoms with Gasteiger partial charge in [-0.3, -0.25) is 4.18 Å². The van der Waals surface area contributed by atoms with Crippen LogP contribution in [0.15, 0.2) is 42.5 Å². The Bertz CT molecular complexity index is 533. The van der Waals surface area contributed by atoms with E-state index in [1.165, 1.54) is 6.61 Å². The zero-order chi connectivity index (χ0) is 10.7. The summed E-state index contributed by atoms with van der Waals surface area (Å²) in [6, 6.07) is 13.3. The molecule has 77 valence electrons. The van der Waals surface area contributed by atoms with Gasteiger partial charge in [-0.05, 0) is 16.3 Å². The van der Waals surface area contributed by atoms with Gasteiger partial charge in [-0.15, -0.1) is 0 Å². The Hall–Kier alpha value is -1.39. The van der Waals surface area contributed by atoms with Crippen molar-refractivity contribution in [2.24, 2.45) is 0 Å². The van der Waals surface area contributed by atoms with Gasteiger partial charge >= 0.3 is 0 Å². The average Bonchev–Trinajstić information content (AvgIpc) is 2.26. The topological polar surface area (TPSA) is 43.4 Å². The standard InChI is InChI=1S/C11H9O3S/c12-15(13)14-8-10-6-3-5-9-4-1-2-7-11(9)10/h1-8,15H. The van der Waals surface area contributed by atoms with E-state index in [1.54, 1.807) is 6.07 Å². The fourth-order valence-corrected chi connectivity index (χ4v) is 1.65. The highest BCUT2D eigenvalue weighted by Gasteiger charge is 2.00. The van der Waals surface area contributed by atoms with Gasteiger partial charge in [0.05, 0.1) is 0 Å². The minimum atomic E-state index is -2.84. The van der Waals surface area contributed by atoms with Crippen LogP contribution in [0, 0.1) is 6.61 Å². The zero-order valence-electron chi connectivity index (χ0n) is 7.79. The van der Waals surface area contributed by atoms with Crippen molar-refractivity contribution < 1.29 is 12.6 Å². The van der Waals surface area contributed by atoms with Crippen molar-refractivity contribution in [1.82, 2.24) is 0 Å². The lowest BCUT2D eigenvalue weighted by Crippen LogP contribution is -1.89. The molecule has 3 nitrogen and oxygen atoms in total. The summed E-state index contributed by atoms with van der Waals surface area (Å²) in [4.78, 5) is 0. The molecule has 0 atom stereocenters. The fourth-order valence-electron chi connectivity index (χ4n) is 1.45. The molecule has 4 heteroatoms. The van der Waals surface area contributed by atoms with Crippen LogP contribution < -0.4 is 0 Å². The van der Waals surface area contributed by atoms with Crippen molar-refractivity contribution in [2.45, 2.75) is 0 Å². The first kappa shape index (κ1) is 10.1. The summed E-state index contributed by atoms with van der Waals surface area (Å²) in [5.74, 6) is 0. The maximum atomic E-state index is 10.3. The summed E-state index contributed by atoms with van der Waals surface area (Å²) in [6.07, 6.45) is 0. The van der Waals surface area contributed by atoms with E-state index in [0.717, 1.165) is 16.3 Å². The van der Waals surface area contributed by atoms with Crippen molar-refractivity contribution in [3.63, 3.8) is 0 Å². The molecule has 0 aliphatic carbocycles. The van der Waals surface area contributed by atoms with Crippen molar-refractivity contribution in [3.05, 3.63) is 54.6 Å². The van der Waals surface area contributed by atoms with Crippen molar-refractivity contribution in [2.75, 3.05) is 0 Å². The van der Waals surface area contributed by atoms with E-state index in [1.807, 2.05) is 36.4 Å². The van der Waals surface area contributed by atoms with E-state index in [4.69, 9.17) is 0 Å². The second-order valence-electron chi connectivity index (χ2n) is 3.02. The van der Waals surface area contributed by atoms with Crippen LogP contribution >= 0.6 is 0 Å². The molecule has 0 aromatic heterocycles. The van der Waals surface area contributed by atoms with E-state index in [2.05, 4.69) is 4.18 Å². The van der Waals surface area contributed by atoms with Gasteiger partial charge in [-0.2, -0.15) is 0 Å². The third kappa shape index (κ3) is 2.34. The number of rotatable bonds is 3. The molecule has 0 fully saturated rings. The summed E-state index contributed by atoms with van der Waals surface area (Å²) in [5.41, 5.74) is 0.757. The van der Waals surface area contributed by atoms with Gasteiger partial charge < -0.3 is 0 Å². The van der Waals surface area contributed by atoms with Crippen molar-refractivity contribution >= 4 is 21.8 Å². The van der Waals surface area contributed by atoms with Crippen LogP contribution in [-0.2, 0) is 15.2 Å². The second-order valence-corrected chi connectivity index (χ2v) is 3.67. The molecule has 0 bridgehead atoms. The zero-order valence-corrected chi connectivity index (χ0v) is 8.69. The quantitative estimate of drug-likeness (QED) is 0.805. The lowest BCUT2D eigenvalue weighted by atomic mass is 10.1. The van der Waals surface area contributed by atoms with Gasteiger partial charge in [-0.25, -0.2) is 8.42 Å². The molecule has 2 rings (SSSR count). The van der Waals surface area contributed by atoms with Crippen LogP contribution in [0.5, 0.6) is 0 Å². The first-order valence-electron chi connectivity index (χ1n) is 4.39. The maximum absolute atomic E-state index is 10.3. The van der Waals surface area contributed by atoms with E-state index < -0.39 is 11.0 Å². The summed E-state index contributed by atoms with van der Waals surface area (Å²) in [7, 11) is -2.84. The molecular formula is C11H9O3S. The highest BCUT2D eigenvalue weighted by Crippen LogP contribution is 2.19. The lowest BCUT2D eigenvalue weighted by molar-refractivity contribution is 0.430. The van der Waals surface area contributed by atoms with E-state index in [-0.39, 0.29) is 0 Å². The summed E-state index contributed by atoms with van der Waals surface area (Å²) in [5, 5.41) is 2.02. The third-order valence-electron chi connectivity index (χ3n) is 2.09. The summed E-state index contributed by atoms with van der Waals surface area (Å²) < 4.78 is 25.0. The Labute approximate surface area is 89.5 Å². The fraction of sp³-hybridized carbons (Fsp3) is 0. The smallest absolute Gasteiger partial charge is 0.257 e. The van der Waals surface area contributed by atoms with E-state index in [0.29, 0.717) is 0 Å². The van der Waals surface area contributed by atoms with Crippen LogP contribution in [0.3, 0.4) is 0 Å². The molecule has 0 aliphatic rings. The predicted octanol–water partition coefficient (Wildman–Crippen LogP) is 1.89. The second kappa shape index (κ2) is 4.42. The first-order chi connectivity index (χ1) is 7.27. The lowest BCUT2D eigenvalue weighted by Gasteiger charge is -2.03. The van der Waals surface area contributed by atoms with Gasteiger partial charge in [0.1, 0.15) is 6.61 Å². The van der Waals surface area contributed by atoms with Crippen LogP contribution in [0.25, 0.3) is 10.8 Å². The molecule has 15 heavy (non-hydrogen) atoms. The SMILES string of the molecule is O=[SH](=O)O[CH]c1cccc2ccccc12. The Kier molecular flexibility index (Phi) is 2.99. The molecule has 0 unspecified atom stereocenters. The Morgan fingerprint density at radius 2 is 1.73 bits per heavy atom. The van der Waals surface area contributed by atoms with Crippen molar-refractivity contribution in [3.8, 4) is 0 Å². The number of benzene rings is 2. The molecule has 1 radical (unpaired) electrons. The summed E-state index contributed by atoms with van der Waals surface area (Å²) >= 11 is 0. The third-order valence-corrected chi connectivity index (χ3v) is 2.37. The van der Waals surface area contributed by atoms with E-state index in [9.17, 15) is 8.42 Å². The molecule has 0 N–H and O–H groups in total. The van der Waals surface area contributed by atoms with Gasteiger partial charge in [-0.1, -0.05) is 42.5 Å². The molecule has 2 aromatic rings. The largest absolute Gasteiger partial charge is 0.261 e. The number of thiol groups is 1.